The monoisotopic (exact) mass is 368 g/mol. The number of anilines is 1. The first-order chi connectivity index (χ1) is 12.7. The second kappa shape index (κ2) is 7.31. The van der Waals surface area contributed by atoms with Gasteiger partial charge in [0.15, 0.2) is 11.5 Å². The number of amides is 2. The summed E-state index contributed by atoms with van der Waals surface area (Å²) in [5.74, 6) is 1.07. The minimum absolute atomic E-state index is 0.103. The molecule has 1 unspecified atom stereocenters. The van der Waals surface area contributed by atoms with E-state index in [1.54, 1.807) is 24.3 Å². The van der Waals surface area contributed by atoms with Crippen LogP contribution in [-0.2, 0) is 4.79 Å². The smallest absolute Gasteiger partial charge is 0.251 e. The molecular formula is C21H24N2O4. The van der Waals surface area contributed by atoms with Crippen LogP contribution in [0.4, 0.5) is 5.69 Å². The largest absolute Gasteiger partial charge is 0.454 e. The Morgan fingerprint density at radius 1 is 1.04 bits per heavy atom. The van der Waals surface area contributed by atoms with Crippen LogP contribution in [0.15, 0.2) is 42.5 Å². The van der Waals surface area contributed by atoms with Crippen LogP contribution in [0, 0.1) is 5.41 Å². The van der Waals surface area contributed by atoms with E-state index in [-0.39, 0.29) is 24.6 Å². The number of rotatable bonds is 4. The van der Waals surface area contributed by atoms with Crippen molar-refractivity contribution in [2.45, 2.75) is 33.7 Å². The molecule has 0 spiro atoms. The van der Waals surface area contributed by atoms with E-state index in [4.69, 9.17) is 9.47 Å². The summed E-state index contributed by atoms with van der Waals surface area (Å²) in [4.78, 5) is 24.8. The van der Waals surface area contributed by atoms with Gasteiger partial charge in [-0.3, -0.25) is 9.59 Å². The molecule has 2 N–H and O–H groups in total. The van der Waals surface area contributed by atoms with Gasteiger partial charge >= 0.3 is 0 Å². The first kappa shape index (κ1) is 18.8. The fourth-order valence-electron chi connectivity index (χ4n) is 2.60. The lowest BCUT2D eigenvalue weighted by atomic mass is 9.95. The second-order valence-corrected chi connectivity index (χ2v) is 7.59. The van der Waals surface area contributed by atoms with Gasteiger partial charge in [0.2, 0.25) is 12.7 Å². The van der Waals surface area contributed by atoms with Crippen molar-refractivity contribution in [3.05, 3.63) is 53.6 Å². The van der Waals surface area contributed by atoms with Crippen molar-refractivity contribution in [2.75, 3.05) is 12.1 Å². The van der Waals surface area contributed by atoms with Crippen molar-refractivity contribution in [1.82, 2.24) is 5.32 Å². The topological polar surface area (TPSA) is 76.7 Å². The lowest BCUT2D eigenvalue weighted by Crippen LogP contribution is -2.28. The third kappa shape index (κ3) is 4.39. The van der Waals surface area contributed by atoms with Gasteiger partial charge in [0.25, 0.3) is 5.91 Å². The first-order valence-electron chi connectivity index (χ1n) is 8.86. The quantitative estimate of drug-likeness (QED) is 0.858. The molecule has 142 valence electrons. The molecule has 1 atom stereocenters. The predicted molar refractivity (Wildman–Crippen MR) is 103 cm³/mol. The molecule has 6 heteroatoms. The highest BCUT2D eigenvalue weighted by Crippen LogP contribution is 2.34. The van der Waals surface area contributed by atoms with Gasteiger partial charge in [-0.15, -0.1) is 0 Å². The number of carbonyl (C=O) groups is 2. The fourth-order valence-corrected chi connectivity index (χ4v) is 2.60. The molecule has 0 aromatic heterocycles. The zero-order chi connectivity index (χ0) is 19.6. The Kier molecular flexibility index (Phi) is 5.08. The Morgan fingerprint density at radius 3 is 2.52 bits per heavy atom. The summed E-state index contributed by atoms with van der Waals surface area (Å²) in [6, 6.07) is 12.3. The summed E-state index contributed by atoms with van der Waals surface area (Å²) >= 11 is 0. The Hall–Kier alpha value is -3.02. The molecule has 1 heterocycles. The maximum atomic E-state index is 12.6. The van der Waals surface area contributed by atoms with Gasteiger partial charge in [-0.2, -0.15) is 0 Å². The number of hydrogen-bond donors (Lipinski definition) is 2. The highest BCUT2D eigenvalue weighted by molar-refractivity contribution is 5.98. The van der Waals surface area contributed by atoms with Crippen molar-refractivity contribution in [3.8, 4) is 11.5 Å². The molecule has 0 bridgehead atoms. The summed E-state index contributed by atoms with van der Waals surface area (Å²) < 4.78 is 10.7. The molecule has 1 aliphatic rings. The maximum Gasteiger partial charge on any atom is 0.251 e. The molecule has 2 amide bonds. The van der Waals surface area contributed by atoms with Crippen LogP contribution < -0.4 is 20.1 Å². The van der Waals surface area contributed by atoms with Crippen molar-refractivity contribution in [3.63, 3.8) is 0 Å². The van der Waals surface area contributed by atoms with Gasteiger partial charge in [0.05, 0.1) is 6.04 Å². The van der Waals surface area contributed by atoms with Crippen molar-refractivity contribution in [1.29, 1.82) is 0 Å². The van der Waals surface area contributed by atoms with E-state index in [9.17, 15) is 9.59 Å². The van der Waals surface area contributed by atoms with Crippen LogP contribution in [0.25, 0.3) is 0 Å². The molecule has 0 fully saturated rings. The molecule has 0 radical (unpaired) electrons. The zero-order valence-electron chi connectivity index (χ0n) is 16.0. The summed E-state index contributed by atoms with van der Waals surface area (Å²) in [6.45, 7) is 7.64. The zero-order valence-corrected chi connectivity index (χ0v) is 16.0. The molecule has 2 aromatic rings. The minimum atomic E-state index is -0.508. The van der Waals surface area contributed by atoms with Gasteiger partial charge in [-0.1, -0.05) is 32.9 Å². The van der Waals surface area contributed by atoms with Crippen molar-refractivity contribution < 1.29 is 19.1 Å². The molecule has 6 nitrogen and oxygen atoms in total. The molecule has 1 aliphatic heterocycles. The normalized spacial score (nSPS) is 13.8. The van der Waals surface area contributed by atoms with Crippen LogP contribution in [0.3, 0.4) is 0 Å². The standard InChI is InChI=1S/C21H24N2O4/c1-13(14-8-9-17-18(11-14)27-12-26-17)22-19(24)15-6-5-7-16(10-15)23-20(25)21(2,3)4/h5-11,13H,12H2,1-4H3,(H,22,24)(H,23,25). The average Bonchev–Trinajstić information content (AvgIpc) is 3.08. The molecular weight excluding hydrogens is 344 g/mol. The highest BCUT2D eigenvalue weighted by atomic mass is 16.7. The lowest BCUT2D eigenvalue weighted by Gasteiger charge is -2.18. The molecule has 2 aromatic carbocycles. The summed E-state index contributed by atoms with van der Waals surface area (Å²) in [5.41, 5.74) is 1.49. The number of ether oxygens (including phenoxy) is 2. The van der Waals surface area contributed by atoms with Crippen LogP contribution in [0.5, 0.6) is 11.5 Å². The molecule has 0 saturated carbocycles. The Balaban J connectivity index is 1.69. The van der Waals surface area contributed by atoms with E-state index in [0.717, 1.165) is 5.56 Å². The predicted octanol–water partition coefficient (Wildman–Crippen LogP) is 3.89. The van der Waals surface area contributed by atoms with E-state index >= 15 is 0 Å². The summed E-state index contributed by atoms with van der Waals surface area (Å²) in [7, 11) is 0. The summed E-state index contributed by atoms with van der Waals surface area (Å²) in [5, 5.41) is 5.81. The third-order valence-corrected chi connectivity index (χ3v) is 4.31. The van der Waals surface area contributed by atoms with E-state index in [1.807, 2.05) is 45.9 Å². The Labute approximate surface area is 158 Å². The van der Waals surface area contributed by atoms with Gasteiger partial charge in [-0.05, 0) is 42.8 Å². The van der Waals surface area contributed by atoms with E-state index in [2.05, 4.69) is 10.6 Å². The van der Waals surface area contributed by atoms with Crippen LogP contribution in [0.2, 0.25) is 0 Å². The molecule has 0 saturated heterocycles. The maximum absolute atomic E-state index is 12.6. The number of fused-ring (bicyclic) bond motifs is 1. The number of nitrogens with one attached hydrogen (secondary N) is 2. The van der Waals surface area contributed by atoms with Crippen molar-refractivity contribution >= 4 is 17.5 Å². The van der Waals surface area contributed by atoms with Gasteiger partial charge < -0.3 is 20.1 Å². The van der Waals surface area contributed by atoms with Crippen LogP contribution in [0.1, 0.15) is 49.7 Å². The molecule has 27 heavy (non-hydrogen) atoms. The molecule has 0 aliphatic carbocycles. The number of carbonyl (C=O) groups excluding carboxylic acids is 2. The fraction of sp³-hybridized carbons (Fsp3) is 0.333. The van der Waals surface area contributed by atoms with E-state index in [1.165, 1.54) is 0 Å². The number of hydrogen-bond acceptors (Lipinski definition) is 4. The SMILES string of the molecule is CC(NC(=O)c1cccc(NC(=O)C(C)(C)C)c1)c1ccc2c(c1)OCO2. The van der Waals surface area contributed by atoms with E-state index in [0.29, 0.717) is 22.7 Å². The van der Waals surface area contributed by atoms with Gasteiger partial charge in [0, 0.05) is 16.7 Å². The minimum Gasteiger partial charge on any atom is -0.454 e. The lowest BCUT2D eigenvalue weighted by molar-refractivity contribution is -0.123. The number of benzene rings is 2. The first-order valence-corrected chi connectivity index (χ1v) is 8.86. The average molecular weight is 368 g/mol. The second-order valence-electron chi connectivity index (χ2n) is 7.59. The highest BCUT2D eigenvalue weighted by Gasteiger charge is 2.22. The Bertz CT molecular complexity index is 871. The van der Waals surface area contributed by atoms with Gasteiger partial charge in [0.1, 0.15) is 0 Å². The Morgan fingerprint density at radius 2 is 1.78 bits per heavy atom. The van der Waals surface area contributed by atoms with Crippen LogP contribution >= 0.6 is 0 Å². The van der Waals surface area contributed by atoms with Crippen molar-refractivity contribution in [2.24, 2.45) is 5.41 Å². The summed E-state index contributed by atoms with van der Waals surface area (Å²) in [6.07, 6.45) is 0. The van der Waals surface area contributed by atoms with Crippen LogP contribution in [-0.4, -0.2) is 18.6 Å². The molecule has 3 rings (SSSR count). The van der Waals surface area contributed by atoms with Gasteiger partial charge in [-0.25, -0.2) is 0 Å². The van der Waals surface area contributed by atoms with E-state index < -0.39 is 5.41 Å². The third-order valence-electron chi connectivity index (χ3n) is 4.31.